The molecule has 1 aromatic heterocycles. The van der Waals surface area contributed by atoms with E-state index in [2.05, 4.69) is 53.5 Å². The molecular weight excluding hydrogens is 423 g/mol. The number of hydrogen-bond acceptors (Lipinski definition) is 1. The summed E-state index contributed by atoms with van der Waals surface area (Å²) in [5.41, 5.74) is 6.91. The van der Waals surface area contributed by atoms with Crippen LogP contribution in [0.2, 0.25) is 10.0 Å². The van der Waals surface area contributed by atoms with Crippen LogP contribution in [0.1, 0.15) is 0 Å². The number of aromatic amines is 1. The molecule has 0 saturated carbocycles. The minimum Gasteiger partial charge on any atom is -0.337 e. The zero-order valence-corrected chi connectivity index (χ0v) is 18.0. The van der Waals surface area contributed by atoms with Gasteiger partial charge in [-0.2, -0.15) is 0 Å². The highest BCUT2D eigenvalue weighted by atomic mass is 35.5. The first-order chi connectivity index (χ1) is 15.2. The fourth-order valence-corrected chi connectivity index (χ4v) is 4.27. The lowest BCUT2D eigenvalue weighted by Gasteiger charge is -2.06. The van der Waals surface area contributed by atoms with Crippen molar-refractivity contribution >= 4 is 23.2 Å². The SMILES string of the molecule is Clc1cccc(Cl)c1-c1nc(-c2ccccc2)c(-c2ccc(-c3ccccc3)cc2)[nH]1. The Bertz CT molecular complexity index is 1310. The topological polar surface area (TPSA) is 28.7 Å². The summed E-state index contributed by atoms with van der Waals surface area (Å²) >= 11 is 12.9. The molecule has 1 N–H and O–H groups in total. The van der Waals surface area contributed by atoms with Gasteiger partial charge in [0.2, 0.25) is 0 Å². The van der Waals surface area contributed by atoms with E-state index in [0.29, 0.717) is 21.4 Å². The quantitative estimate of drug-likeness (QED) is 0.298. The number of halogens is 2. The van der Waals surface area contributed by atoms with E-state index in [1.165, 1.54) is 11.1 Å². The van der Waals surface area contributed by atoms with Crippen LogP contribution in [0.25, 0.3) is 45.0 Å². The summed E-state index contributed by atoms with van der Waals surface area (Å²) in [4.78, 5) is 8.38. The molecule has 1 heterocycles. The fourth-order valence-electron chi connectivity index (χ4n) is 3.69. The van der Waals surface area contributed by atoms with E-state index in [1.807, 2.05) is 54.6 Å². The Morgan fingerprint density at radius 2 is 1.03 bits per heavy atom. The van der Waals surface area contributed by atoms with Gasteiger partial charge < -0.3 is 4.98 Å². The van der Waals surface area contributed by atoms with Gasteiger partial charge in [0.25, 0.3) is 0 Å². The first kappa shape index (κ1) is 19.6. The highest BCUT2D eigenvalue weighted by Crippen LogP contribution is 2.38. The van der Waals surface area contributed by atoms with E-state index in [1.54, 1.807) is 0 Å². The lowest BCUT2D eigenvalue weighted by atomic mass is 10.0. The lowest BCUT2D eigenvalue weighted by Crippen LogP contribution is -1.85. The van der Waals surface area contributed by atoms with Crippen LogP contribution in [0.4, 0.5) is 0 Å². The third kappa shape index (κ3) is 3.88. The van der Waals surface area contributed by atoms with Crippen LogP contribution >= 0.6 is 23.2 Å². The Morgan fingerprint density at radius 3 is 1.65 bits per heavy atom. The maximum absolute atomic E-state index is 6.46. The zero-order chi connectivity index (χ0) is 21.2. The van der Waals surface area contributed by atoms with E-state index in [4.69, 9.17) is 28.2 Å². The smallest absolute Gasteiger partial charge is 0.141 e. The molecule has 5 aromatic rings. The van der Waals surface area contributed by atoms with Crippen molar-refractivity contribution in [3.63, 3.8) is 0 Å². The van der Waals surface area contributed by atoms with Gasteiger partial charge in [0.15, 0.2) is 0 Å². The third-order valence-electron chi connectivity index (χ3n) is 5.23. The summed E-state index contributed by atoms with van der Waals surface area (Å²) in [6, 6.07) is 34.4. The summed E-state index contributed by atoms with van der Waals surface area (Å²) in [5, 5.41) is 1.12. The number of H-pyrrole nitrogens is 1. The van der Waals surface area contributed by atoms with Crippen LogP contribution in [0.3, 0.4) is 0 Å². The van der Waals surface area contributed by atoms with E-state index >= 15 is 0 Å². The molecule has 150 valence electrons. The second kappa shape index (κ2) is 8.43. The summed E-state index contributed by atoms with van der Waals surface area (Å²) in [6.45, 7) is 0. The second-order valence-electron chi connectivity index (χ2n) is 7.22. The Labute approximate surface area is 191 Å². The van der Waals surface area contributed by atoms with Gasteiger partial charge in [0.05, 0.1) is 27.0 Å². The monoisotopic (exact) mass is 440 g/mol. The maximum Gasteiger partial charge on any atom is 0.141 e. The molecule has 0 aliphatic rings. The minimum absolute atomic E-state index is 0.562. The minimum atomic E-state index is 0.562. The molecule has 31 heavy (non-hydrogen) atoms. The van der Waals surface area contributed by atoms with Crippen LogP contribution in [0.15, 0.2) is 103 Å². The lowest BCUT2D eigenvalue weighted by molar-refractivity contribution is 1.31. The normalized spacial score (nSPS) is 10.9. The Hall–Kier alpha value is -3.33. The van der Waals surface area contributed by atoms with E-state index in [-0.39, 0.29) is 0 Å². The first-order valence-corrected chi connectivity index (χ1v) is 10.7. The Morgan fingerprint density at radius 1 is 0.516 bits per heavy atom. The molecule has 2 nitrogen and oxygen atoms in total. The number of benzene rings is 4. The molecule has 0 bridgehead atoms. The van der Waals surface area contributed by atoms with Crippen molar-refractivity contribution in [3.8, 4) is 45.0 Å². The molecule has 0 saturated heterocycles. The van der Waals surface area contributed by atoms with Crippen molar-refractivity contribution in [1.29, 1.82) is 0 Å². The highest BCUT2D eigenvalue weighted by molar-refractivity contribution is 6.39. The molecule has 0 spiro atoms. The number of aromatic nitrogens is 2. The van der Waals surface area contributed by atoms with Crippen LogP contribution < -0.4 is 0 Å². The van der Waals surface area contributed by atoms with Gasteiger partial charge in [-0.3, -0.25) is 0 Å². The standard InChI is InChI=1S/C27H18Cl2N2/c28-22-12-7-13-23(29)24(22)27-30-25(20-10-5-2-6-11-20)26(31-27)21-16-14-19(15-17-21)18-8-3-1-4-9-18/h1-17H,(H,30,31). The Balaban J connectivity index is 1.65. The summed E-state index contributed by atoms with van der Waals surface area (Å²) in [7, 11) is 0. The van der Waals surface area contributed by atoms with Crippen molar-refractivity contribution in [3.05, 3.63) is 113 Å². The number of rotatable bonds is 4. The number of hydrogen-bond donors (Lipinski definition) is 1. The first-order valence-electron chi connectivity index (χ1n) is 9.96. The van der Waals surface area contributed by atoms with Crippen molar-refractivity contribution in [1.82, 2.24) is 9.97 Å². The van der Waals surface area contributed by atoms with Crippen molar-refractivity contribution in [2.75, 3.05) is 0 Å². The number of nitrogens with one attached hydrogen (secondary N) is 1. The number of nitrogens with zero attached hydrogens (tertiary/aromatic N) is 1. The maximum atomic E-state index is 6.46. The fraction of sp³-hybridized carbons (Fsp3) is 0. The van der Waals surface area contributed by atoms with Crippen molar-refractivity contribution in [2.45, 2.75) is 0 Å². The zero-order valence-electron chi connectivity index (χ0n) is 16.5. The van der Waals surface area contributed by atoms with Crippen LogP contribution in [0.5, 0.6) is 0 Å². The van der Waals surface area contributed by atoms with Gasteiger partial charge in [-0.15, -0.1) is 0 Å². The van der Waals surface area contributed by atoms with E-state index in [0.717, 1.165) is 22.5 Å². The number of imidazole rings is 1. The highest BCUT2D eigenvalue weighted by Gasteiger charge is 2.18. The van der Waals surface area contributed by atoms with Crippen molar-refractivity contribution < 1.29 is 0 Å². The molecule has 0 radical (unpaired) electrons. The molecular formula is C27H18Cl2N2. The Kier molecular flexibility index (Phi) is 5.33. The predicted molar refractivity (Wildman–Crippen MR) is 130 cm³/mol. The summed E-state index contributed by atoms with van der Waals surface area (Å²) < 4.78 is 0. The molecule has 5 rings (SSSR count). The van der Waals surface area contributed by atoms with Gasteiger partial charge in [-0.1, -0.05) is 114 Å². The predicted octanol–water partition coefficient (Wildman–Crippen LogP) is 8.38. The average molecular weight is 441 g/mol. The summed E-state index contributed by atoms with van der Waals surface area (Å²) in [6.07, 6.45) is 0. The molecule has 0 amide bonds. The molecule has 0 aliphatic carbocycles. The van der Waals surface area contributed by atoms with Gasteiger partial charge in [-0.25, -0.2) is 4.98 Å². The van der Waals surface area contributed by atoms with Gasteiger partial charge >= 0.3 is 0 Å². The second-order valence-corrected chi connectivity index (χ2v) is 8.03. The average Bonchev–Trinajstić information content (AvgIpc) is 3.25. The van der Waals surface area contributed by atoms with Gasteiger partial charge in [0.1, 0.15) is 5.82 Å². The van der Waals surface area contributed by atoms with E-state index in [9.17, 15) is 0 Å². The molecule has 4 aromatic carbocycles. The van der Waals surface area contributed by atoms with Crippen LogP contribution in [-0.4, -0.2) is 9.97 Å². The van der Waals surface area contributed by atoms with E-state index < -0.39 is 0 Å². The molecule has 0 fully saturated rings. The molecule has 0 atom stereocenters. The third-order valence-corrected chi connectivity index (χ3v) is 5.86. The van der Waals surface area contributed by atoms with Crippen LogP contribution in [-0.2, 0) is 0 Å². The van der Waals surface area contributed by atoms with Crippen LogP contribution in [0, 0.1) is 0 Å². The molecule has 4 heteroatoms. The van der Waals surface area contributed by atoms with Gasteiger partial charge in [0, 0.05) is 11.1 Å². The summed E-state index contributed by atoms with van der Waals surface area (Å²) in [5.74, 6) is 0.650. The van der Waals surface area contributed by atoms with Crippen molar-refractivity contribution in [2.24, 2.45) is 0 Å². The molecule has 0 unspecified atom stereocenters. The van der Waals surface area contributed by atoms with Gasteiger partial charge in [-0.05, 0) is 23.3 Å². The largest absolute Gasteiger partial charge is 0.337 e. The molecule has 0 aliphatic heterocycles.